The zero-order chi connectivity index (χ0) is 12.4. The molecule has 0 fully saturated rings. The Hall–Kier alpha value is -1.76. The van der Waals surface area contributed by atoms with Gasteiger partial charge in [-0.3, -0.25) is 4.98 Å². The first-order valence-corrected chi connectivity index (χ1v) is 5.49. The summed E-state index contributed by atoms with van der Waals surface area (Å²) in [5, 5.41) is 9.81. The first-order chi connectivity index (χ1) is 8.15. The summed E-state index contributed by atoms with van der Waals surface area (Å²) in [4.78, 5) is 4.13. The fraction of sp³-hybridized carbons (Fsp3) is 0. The smallest absolute Gasteiger partial charge is 0.101 e. The number of nitrogens with two attached hydrogens (primary N) is 1. The van der Waals surface area contributed by atoms with E-state index in [1.165, 1.54) is 6.20 Å². The monoisotopic (exact) mass is 263 g/mol. The standard InChI is InChI=1S/C12H7Cl2N3/c13-8-2-1-3-9(14)10(8)12-11(16)7(6-15)4-5-17-12/h1-5H,16H2. The van der Waals surface area contributed by atoms with Crippen LogP contribution in [0.2, 0.25) is 10.0 Å². The molecule has 3 nitrogen and oxygen atoms in total. The minimum absolute atomic E-state index is 0.282. The lowest BCUT2D eigenvalue weighted by atomic mass is 10.1. The summed E-state index contributed by atoms with van der Waals surface area (Å²) < 4.78 is 0. The van der Waals surface area contributed by atoms with E-state index in [4.69, 9.17) is 34.2 Å². The molecule has 2 N–H and O–H groups in total. The van der Waals surface area contributed by atoms with Crippen LogP contribution in [0.3, 0.4) is 0 Å². The summed E-state index contributed by atoms with van der Waals surface area (Å²) in [6.07, 6.45) is 1.50. The molecule has 0 saturated carbocycles. The van der Waals surface area contributed by atoms with Crippen molar-refractivity contribution < 1.29 is 0 Å². The third-order valence-corrected chi connectivity index (χ3v) is 2.94. The third kappa shape index (κ3) is 2.05. The molecule has 5 heteroatoms. The van der Waals surface area contributed by atoms with E-state index in [1.54, 1.807) is 24.3 Å². The van der Waals surface area contributed by atoms with Crippen LogP contribution in [-0.4, -0.2) is 4.98 Å². The molecule has 2 rings (SSSR count). The van der Waals surface area contributed by atoms with E-state index >= 15 is 0 Å². The van der Waals surface area contributed by atoms with Crippen LogP contribution in [0.4, 0.5) is 5.69 Å². The Morgan fingerprint density at radius 2 is 1.82 bits per heavy atom. The van der Waals surface area contributed by atoms with E-state index in [9.17, 15) is 0 Å². The number of aromatic nitrogens is 1. The predicted octanol–water partition coefficient (Wildman–Crippen LogP) is 3.51. The molecular formula is C12H7Cl2N3. The predicted molar refractivity (Wildman–Crippen MR) is 68.8 cm³/mol. The molecule has 0 spiro atoms. The Balaban J connectivity index is 2.74. The molecule has 0 atom stereocenters. The average molecular weight is 264 g/mol. The summed E-state index contributed by atoms with van der Waals surface area (Å²) in [6, 6.07) is 8.67. The molecule has 84 valence electrons. The van der Waals surface area contributed by atoms with E-state index in [2.05, 4.69) is 4.98 Å². The molecule has 1 aromatic heterocycles. The lowest BCUT2D eigenvalue weighted by Crippen LogP contribution is -1.97. The minimum Gasteiger partial charge on any atom is -0.396 e. The van der Waals surface area contributed by atoms with Crippen LogP contribution in [-0.2, 0) is 0 Å². The number of rotatable bonds is 1. The van der Waals surface area contributed by atoms with Gasteiger partial charge < -0.3 is 5.73 Å². The Kier molecular flexibility index (Phi) is 3.19. The Bertz CT molecular complexity index is 597. The van der Waals surface area contributed by atoms with Crippen molar-refractivity contribution in [2.45, 2.75) is 0 Å². The number of anilines is 1. The molecule has 2 aromatic rings. The van der Waals surface area contributed by atoms with Crippen LogP contribution in [0, 0.1) is 11.3 Å². The largest absolute Gasteiger partial charge is 0.396 e. The summed E-state index contributed by atoms with van der Waals surface area (Å²) in [5.41, 5.74) is 7.47. The number of pyridine rings is 1. The number of hydrogen-bond acceptors (Lipinski definition) is 3. The fourth-order valence-electron chi connectivity index (χ4n) is 1.49. The zero-order valence-electron chi connectivity index (χ0n) is 8.61. The lowest BCUT2D eigenvalue weighted by molar-refractivity contribution is 1.31. The number of hydrogen-bond donors (Lipinski definition) is 1. The fourth-order valence-corrected chi connectivity index (χ4v) is 2.07. The first-order valence-electron chi connectivity index (χ1n) is 4.74. The van der Waals surface area contributed by atoms with Crippen molar-refractivity contribution >= 4 is 28.9 Å². The maximum Gasteiger partial charge on any atom is 0.101 e. The zero-order valence-corrected chi connectivity index (χ0v) is 10.1. The summed E-state index contributed by atoms with van der Waals surface area (Å²) in [6.45, 7) is 0. The second-order valence-corrected chi connectivity index (χ2v) is 4.14. The molecule has 0 radical (unpaired) electrons. The molecule has 1 aromatic carbocycles. The maximum atomic E-state index is 8.90. The van der Waals surface area contributed by atoms with Crippen LogP contribution in [0.5, 0.6) is 0 Å². The van der Waals surface area contributed by atoms with Gasteiger partial charge in [0.1, 0.15) is 6.07 Å². The van der Waals surface area contributed by atoms with Crippen molar-refractivity contribution in [1.29, 1.82) is 5.26 Å². The van der Waals surface area contributed by atoms with Crippen molar-refractivity contribution in [2.75, 3.05) is 5.73 Å². The number of nitrogen functional groups attached to an aromatic ring is 1. The van der Waals surface area contributed by atoms with E-state index in [0.29, 0.717) is 26.9 Å². The van der Waals surface area contributed by atoms with Gasteiger partial charge in [-0.25, -0.2) is 0 Å². The van der Waals surface area contributed by atoms with E-state index in [-0.39, 0.29) is 5.69 Å². The number of halogens is 2. The summed E-state index contributed by atoms with van der Waals surface area (Å²) >= 11 is 12.1. The average Bonchev–Trinajstić information content (AvgIpc) is 2.31. The van der Waals surface area contributed by atoms with E-state index < -0.39 is 0 Å². The van der Waals surface area contributed by atoms with Crippen LogP contribution < -0.4 is 5.73 Å². The van der Waals surface area contributed by atoms with Gasteiger partial charge in [0.05, 0.1) is 27.0 Å². The highest BCUT2D eigenvalue weighted by atomic mass is 35.5. The van der Waals surface area contributed by atoms with Gasteiger partial charge in [-0.1, -0.05) is 29.3 Å². The third-order valence-electron chi connectivity index (χ3n) is 2.31. The van der Waals surface area contributed by atoms with Gasteiger partial charge in [0, 0.05) is 11.8 Å². The van der Waals surface area contributed by atoms with Crippen molar-refractivity contribution in [3.63, 3.8) is 0 Å². The van der Waals surface area contributed by atoms with Gasteiger partial charge >= 0.3 is 0 Å². The maximum absolute atomic E-state index is 8.90. The van der Waals surface area contributed by atoms with Gasteiger partial charge in [0.25, 0.3) is 0 Å². The van der Waals surface area contributed by atoms with Crippen LogP contribution in [0.15, 0.2) is 30.5 Å². The van der Waals surface area contributed by atoms with E-state index in [1.807, 2.05) is 6.07 Å². The highest BCUT2D eigenvalue weighted by Crippen LogP contribution is 2.36. The van der Waals surface area contributed by atoms with Crippen LogP contribution in [0.25, 0.3) is 11.3 Å². The van der Waals surface area contributed by atoms with E-state index in [0.717, 1.165) is 0 Å². The molecule has 0 amide bonds. The first kappa shape index (κ1) is 11.7. The van der Waals surface area contributed by atoms with Crippen LogP contribution >= 0.6 is 23.2 Å². The SMILES string of the molecule is N#Cc1ccnc(-c2c(Cl)cccc2Cl)c1N. The van der Waals surface area contributed by atoms with Crippen LogP contribution in [0.1, 0.15) is 5.56 Å². The van der Waals surface area contributed by atoms with Crippen molar-refractivity contribution in [3.05, 3.63) is 46.1 Å². The highest BCUT2D eigenvalue weighted by molar-refractivity contribution is 6.39. The van der Waals surface area contributed by atoms with Gasteiger partial charge in [0.2, 0.25) is 0 Å². The molecule has 0 aliphatic rings. The van der Waals surface area contributed by atoms with Crippen molar-refractivity contribution in [1.82, 2.24) is 4.98 Å². The highest BCUT2D eigenvalue weighted by Gasteiger charge is 2.14. The van der Waals surface area contributed by atoms with Gasteiger partial charge in [-0.05, 0) is 18.2 Å². The Morgan fingerprint density at radius 3 is 2.41 bits per heavy atom. The summed E-state index contributed by atoms with van der Waals surface area (Å²) in [5.74, 6) is 0. The number of nitriles is 1. The summed E-state index contributed by atoms with van der Waals surface area (Å²) in [7, 11) is 0. The molecule has 0 bridgehead atoms. The Labute approximate surface area is 108 Å². The minimum atomic E-state index is 0.282. The molecule has 0 saturated heterocycles. The lowest BCUT2D eigenvalue weighted by Gasteiger charge is -2.09. The molecule has 0 aliphatic carbocycles. The second-order valence-electron chi connectivity index (χ2n) is 3.33. The molecule has 0 aliphatic heterocycles. The van der Waals surface area contributed by atoms with Crippen molar-refractivity contribution in [2.24, 2.45) is 0 Å². The second kappa shape index (κ2) is 4.62. The quantitative estimate of drug-likeness (QED) is 0.857. The number of benzene rings is 1. The van der Waals surface area contributed by atoms with Gasteiger partial charge in [-0.2, -0.15) is 5.26 Å². The molecule has 17 heavy (non-hydrogen) atoms. The topological polar surface area (TPSA) is 62.7 Å². The van der Waals surface area contributed by atoms with Gasteiger partial charge in [0.15, 0.2) is 0 Å². The van der Waals surface area contributed by atoms with Crippen molar-refractivity contribution in [3.8, 4) is 17.3 Å². The molecular weight excluding hydrogens is 257 g/mol. The number of nitrogens with zero attached hydrogens (tertiary/aromatic N) is 2. The normalized spacial score (nSPS) is 9.94. The van der Waals surface area contributed by atoms with Gasteiger partial charge in [-0.15, -0.1) is 0 Å². The molecule has 0 unspecified atom stereocenters. The molecule has 1 heterocycles. The Morgan fingerprint density at radius 1 is 1.18 bits per heavy atom.